The van der Waals surface area contributed by atoms with Crippen molar-refractivity contribution in [3.63, 3.8) is 0 Å². The first-order valence-corrected chi connectivity index (χ1v) is 16.4. The molecule has 0 unspecified atom stereocenters. The quantitative estimate of drug-likeness (QED) is 0.149. The molecule has 228 valence electrons. The third-order valence-electron chi connectivity index (χ3n) is 8.06. The van der Waals surface area contributed by atoms with Crippen molar-refractivity contribution in [2.45, 2.75) is 76.7 Å². The number of ether oxygens (including phenoxy) is 2. The normalized spacial score (nSPS) is 17.4. The van der Waals surface area contributed by atoms with Crippen LogP contribution in [0.3, 0.4) is 0 Å². The molecule has 2 atom stereocenters. The molecule has 43 heavy (non-hydrogen) atoms. The predicted molar refractivity (Wildman–Crippen MR) is 167 cm³/mol. The van der Waals surface area contributed by atoms with E-state index in [1.807, 2.05) is 60.7 Å². The average molecular weight is 605 g/mol. The van der Waals surface area contributed by atoms with Crippen molar-refractivity contribution in [2.24, 2.45) is 0 Å². The van der Waals surface area contributed by atoms with Gasteiger partial charge in [0.15, 0.2) is 0 Å². The van der Waals surface area contributed by atoms with E-state index in [1.165, 1.54) is 24.3 Å². The van der Waals surface area contributed by atoms with Crippen molar-refractivity contribution < 1.29 is 28.8 Å². The fourth-order valence-electron chi connectivity index (χ4n) is 5.73. The first kappa shape index (κ1) is 31.9. The third-order valence-corrected chi connectivity index (χ3v) is 12.6. The van der Waals surface area contributed by atoms with E-state index >= 15 is 0 Å². The molecular weight excluding hydrogens is 564 g/mol. The standard InChI is InChI=1S/C33H40N2O7Si/c1-32(2,3)42-31(37)34-23-27(41-30(36)24-16-18-25(19-17-24)35(38)39)22-26(34)20-21-33(4,5)43(40,28-12-8-6-9-13-28)29-14-10-7-11-15-29/h6-19,26-27,40H,20-23H2,1-5H3/t26-,27+/m1/s1. The molecule has 0 spiro atoms. The zero-order valence-electron chi connectivity index (χ0n) is 25.4. The minimum atomic E-state index is -3.26. The summed E-state index contributed by atoms with van der Waals surface area (Å²) < 4.78 is 11.5. The van der Waals surface area contributed by atoms with E-state index < -0.39 is 42.0 Å². The number of esters is 1. The molecule has 1 N–H and O–H groups in total. The summed E-state index contributed by atoms with van der Waals surface area (Å²) >= 11 is 0. The number of nitro benzene ring substituents is 1. The van der Waals surface area contributed by atoms with Crippen molar-refractivity contribution in [3.8, 4) is 0 Å². The highest BCUT2D eigenvalue weighted by atomic mass is 28.4. The molecule has 1 aliphatic heterocycles. The lowest BCUT2D eigenvalue weighted by molar-refractivity contribution is -0.384. The van der Waals surface area contributed by atoms with Crippen LogP contribution < -0.4 is 10.4 Å². The van der Waals surface area contributed by atoms with Crippen LogP contribution in [-0.4, -0.2) is 59.3 Å². The Hall–Kier alpha value is -4.02. The fourth-order valence-corrected chi connectivity index (χ4v) is 9.48. The molecule has 9 nitrogen and oxygen atoms in total. The van der Waals surface area contributed by atoms with E-state index in [0.717, 1.165) is 10.4 Å². The van der Waals surface area contributed by atoms with E-state index in [1.54, 1.807) is 25.7 Å². The van der Waals surface area contributed by atoms with Gasteiger partial charge >= 0.3 is 12.1 Å². The zero-order chi connectivity index (χ0) is 31.4. The van der Waals surface area contributed by atoms with Crippen molar-refractivity contribution in [1.82, 2.24) is 4.90 Å². The second-order valence-corrected chi connectivity index (χ2v) is 16.6. The third kappa shape index (κ3) is 7.31. The van der Waals surface area contributed by atoms with Crippen LogP contribution >= 0.6 is 0 Å². The van der Waals surface area contributed by atoms with Crippen LogP contribution in [0.15, 0.2) is 84.9 Å². The molecule has 0 aromatic heterocycles. The van der Waals surface area contributed by atoms with Crippen molar-refractivity contribution in [2.75, 3.05) is 6.54 Å². The Morgan fingerprint density at radius 1 is 0.930 bits per heavy atom. The van der Waals surface area contributed by atoms with E-state index in [4.69, 9.17) is 9.47 Å². The number of carbonyl (C=O) groups is 2. The summed E-state index contributed by atoms with van der Waals surface area (Å²) in [5.41, 5.74) is -0.631. The molecule has 1 amide bonds. The molecule has 0 bridgehead atoms. The second-order valence-electron chi connectivity index (χ2n) is 12.7. The summed E-state index contributed by atoms with van der Waals surface area (Å²) in [5, 5.41) is 12.3. The number of nitrogens with zero attached hydrogens (tertiary/aromatic N) is 2. The monoisotopic (exact) mass is 604 g/mol. The molecule has 0 radical (unpaired) electrons. The summed E-state index contributed by atoms with van der Waals surface area (Å²) in [5.74, 6) is -0.611. The Morgan fingerprint density at radius 3 is 1.95 bits per heavy atom. The van der Waals surface area contributed by atoms with E-state index in [9.17, 15) is 24.5 Å². The Bertz CT molecular complexity index is 1380. The molecular formula is C33H40N2O7Si. The van der Waals surface area contributed by atoms with Crippen molar-refractivity contribution in [1.29, 1.82) is 0 Å². The van der Waals surface area contributed by atoms with Crippen LogP contribution in [0.25, 0.3) is 0 Å². The van der Waals surface area contributed by atoms with Gasteiger partial charge in [0, 0.05) is 24.6 Å². The Kier molecular flexibility index (Phi) is 9.41. The number of hydrogen-bond donors (Lipinski definition) is 1. The van der Waals surface area contributed by atoms with Crippen LogP contribution in [0.4, 0.5) is 10.5 Å². The highest BCUT2D eigenvalue weighted by molar-refractivity contribution is 6.98. The minimum Gasteiger partial charge on any atom is -0.457 e. The Labute approximate surface area is 253 Å². The number of hydrogen-bond acceptors (Lipinski definition) is 7. The number of benzene rings is 3. The Balaban J connectivity index is 1.55. The molecule has 1 saturated heterocycles. The summed E-state index contributed by atoms with van der Waals surface area (Å²) in [6.45, 7) is 9.73. The first-order chi connectivity index (χ1) is 20.2. The van der Waals surface area contributed by atoms with Gasteiger partial charge in [-0.05, 0) is 61.2 Å². The largest absolute Gasteiger partial charge is 0.457 e. The van der Waals surface area contributed by atoms with Gasteiger partial charge in [-0.15, -0.1) is 0 Å². The highest BCUT2D eigenvalue weighted by Gasteiger charge is 2.50. The van der Waals surface area contributed by atoms with E-state index in [2.05, 4.69) is 13.8 Å². The topological polar surface area (TPSA) is 119 Å². The lowest BCUT2D eigenvalue weighted by Crippen LogP contribution is -2.65. The van der Waals surface area contributed by atoms with Gasteiger partial charge in [-0.2, -0.15) is 0 Å². The summed E-state index contributed by atoms with van der Waals surface area (Å²) in [6, 6.07) is 24.5. The van der Waals surface area contributed by atoms with Gasteiger partial charge < -0.3 is 19.2 Å². The van der Waals surface area contributed by atoms with Gasteiger partial charge in [0.05, 0.1) is 17.0 Å². The van der Waals surface area contributed by atoms with Crippen LogP contribution in [-0.2, 0) is 9.47 Å². The predicted octanol–water partition coefficient (Wildman–Crippen LogP) is 5.44. The molecule has 1 fully saturated rings. The molecule has 3 aromatic carbocycles. The average Bonchev–Trinajstić information content (AvgIpc) is 3.38. The number of nitro groups is 1. The van der Waals surface area contributed by atoms with E-state index in [0.29, 0.717) is 19.3 Å². The number of likely N-dealkylation sites (tertiary alicyclic amines) is 1. The van der Waals surface area contributed by atoms with Crippen LogP contribution in [0.5, 0.6) is 0 Å². The minimum absolute atomic E-state index is 0.120. The molecule has 1 heterocycles. The van der Waals surface area contributed by atoms with Crippen LogP contribution in [0, 0.1) is 10.1 Å². The smallest absolute Gasteiger partial charge is 0.410 e. The highest BCUT2D eigenvalue weighted by Crippen LogP contribution is 2.42. The molecule has 10 heteroatoms. The van der Waals surface area contributed by atoms with Crippen molar-refractivity contribution >= 4 is 36.4 Å². The molecule has 3 aromatic rings. The maximum atomic E-state index is 13.3. The number of rotatable bonds is 9. The first-order valence-electron chi connectivity index (χ1n) is 14.5. The van der Waals surface area contributed by atoms with Gasteiger partial charge in [-0.3, -0.25) is 10.1 Å². The summed E-state index contributed by atoms with van der Waals surface area (Å²) in [6.07, 6.45) is 0.509. The van der Waals surface area contributed by atoms with Crippen molar-refractivity contribution in [3.05, 3.63) is 101 Å². The zero-order valence-corrected chi connectivity index (χ0v) is 26.4. The van der Waals surface area contributed by atoms with Gasteiger partial charge in [0.1, 0.15) is 11.7 Å². The fraction of sp³-hybridized carbons (Fsp3) is 0.394. The molecule has 0 saturated carbocycles. The summed E-state index contributed by atoms with van der Waals surface area (Å²) in [7, 11) is -3.26. The maximum absolute atomic E-state index is 13.3. The number of amides is 1. The second kappa shape index (κ2) is 12.7. The number of non-ortho nitro benzene ring substituents is 1. The van der Waals surface area contributed by atoms with Crippen LogP contribution in [0.2, 0.25) is 5.04 Å². The molecule has 1 aliphatic rings. The van der Waals surface area contributed by atoms with Gasteiger partial charge in [-0.1, -0.05) is 74.5 Å². The number of carbonyl (C=O) groups excluding carboxylic acids is 2. The van der Waals surface area contributed by atoms with Gasteiger partial charge in [0.25, 0.3) is 14.0 Å². The molecule has 4 rings (SSSR count). The van der Waals surface area contributed by atoms with E-state index in [-0.39, 0.29) is 23.8 Å². The maximum Gasteiger partial charge on any atom is 0.410 e. The van der Waals surface area contributed by atoms with Crippen LogP contribution in [0.1, 0.15) is 64.2 Å². The molecule has 0 aliphatic carbocycles. The summed E-state index contributed by atoms with van der Waals surface area (Å²) in [4.78, 5) is 50.8. The van der Waals surface area contributed by atoms with Gasteiger partial charge in [0.2, 0.25) is 0 Å². The van der Waals surface area contributed by atoms with Gasteiger partial charge in [-0.25, -0.2) is 9.59 Å². The SMILES string of the molecule is CC(C)(C)OC(=O)N1C[C@@H](OC(=O)c2ccc([N+](=O)[O-])cc2)C[C@H]1CCC(C)(C)[Si](O)(c1ccccc1)c1ccccc1. The Morgan fingerprint density at radius 2 is 1.47 bits per heavy atom. The lowest BCUT2D eigenvalue weighted by atomic mass is 10.0. The lowest BCUT2D eigenvalue weighted by Gasteiger charge is -2.42.